The number of hydrogen-bond acceptors (Lipinski definition) is 5. The molecule has 0 spiro atoms. The number of benzene rings is 1. The van der Waals surface area contributed by atoms with E-state index in [1.807, 2.05) is 44.2 Å². The zero-order valence-corrected chi connectivity index (χ0v) is 25.2. The summed E-state index contributed by atoms with van der Waals surface area (Å²) in [5.74, 6) is -2.94. The molecule has 43 heavy (non-hydrogen) atoms. The number of likely N-dealkylation sites (tertiary alicyclic amines) is 1. The summed E-state index contributed by atoms with van der Waals surface area (Å²) in [6, 6.07) is 4.46. The smallest absolute Gasteiger partial charge is 0.326 e. The van der Waals surface area contributed by atoms with E-state index in [4.69, 9.17) is 11.5 Å². The maximum absolute atomic E-state index is 14.0. The molecule has 2 aromatic rings. The van der Waals surface area contributed by atoms with Crippen molar-refractivity contribution in [2.24, 2.45) is 22.4 Å². The Bertz CT molecular complexity index is 1420. The van der Waals surface area contributed by atoms with Gasteiger partial charge in [0.25, 0.3) is 0 Å². The summed E-state index contributed by atoms with van der Waals surface area (Å²) in [5.41, 5.74) is 14.1. The van der Waals surface area contributed by atoms with E-state index in [0.29, 0.717) is 25.8 Å². The van der Waals surface area contributed by atoms with Gasteiger partial charge < -0.3 is 37.1 Å². The highest BCUT2D eigenvalue weighted by atomic mass is 16.4. The molecule has 0 unspecified atom stereocenters. The number of nitrogens with two attached hydrogens (primary N) is 2. The minimum absolute atomic E-state index is 0.0207. The van der Waals surface area contributed by atoms with Crippen LogP contribution in [0.5, 0.6) is 0 Å². The quantitative estimate of drug-likeness (QED) is 0.0671. The van der Waals surface area contributed by atoms with E-state index >= 15 is 0 Å². The molecule has 232 valence electrons. The summed E-state index contributed by atoms with van der Waals surface area (Å²) in [6.45, 7) is 7.81. The average Bonchev–Trinajstić information content (AvgIpc) is 3.51. The normalized spacial score (nSPS) is 18.6. The Morgan fingerprint density at radius 1 is 1.14 bits per heavy atom. The standard InChI is InChI=1S/C31H43N7O5/c1-5-20-17-38(29(41)24(36-26(39)14-18(2)3)12-8-9-13-34-31(32)33)27(19(20)4)28(40)37-25(30(42)43)15-21-16-35-23-11-7-6-10-22(21)23/h5-7,10-11,14,16,19,24-25,27,35H,8-9,12-13,15,17H2,1-4H3,(H,36,39)(H,37,40)(H,42,43)(H4,32,33,34)/t19-,24+,25+,27+/m1/s1. The van der Waals surface area contributed by atoms with Crippen LogP contribution < -0.4 is 22.1 Å². The number of hydrogen-bond donors (Lipinski definition) is 6. The zero-order chi connectivity index (χ0) is 31.7. The lowest BCUT2D eigenvalue weighted by Crippen LogP contribution is -2.56. The first-order valence-corrected chi connectivity index (χ1v) is 14.5. The lowest BCUT2D eigenvalue weighted by Gasteiger charge is -2.30. The summed E-state index contributed by atoms with van der Waals surface area (Å²) < 4.78 is 0. The highest BCUT2D eigenvalue weighted by Crippen LogP contribution is 2.31. The van der Waals surface area contributed by atoms with Crippen molar-refractivity contribution in [3.05, 3.63) is 59.3 Å². The first kappa shape index (κ1) is 32.9. The number of aliphatic imine (C=N–C) groups is 1. The van der Waals surface area contributed by atoms with Gasteiger partial charge in [-0.2, -0.15) is 0 Å². The SMILES string of the molecule is CC=C1CN(C(=O)[C@H](CCCCN=C(N)N)NC(=O)C=C(C)C)[C@H](C(=O)N[C@@H](Cc2c[nH]c3ccccc23)C(=O)O)[C@@H]1C. The Hall–Kier alpha value is -4.61. The molecule has 1 aliphatic rings. The maximum Gasteiger partial charge on any atom is 0.326 e. The van der Waals surface area contributed by atoms with Crippen LogP contribution in [0.15, 0.2) is 58.8 Å². The molecule has 3 rings (SSSR count). The first-order valence-electron chi connectivity index (χ1n) is 14.5. The van der Waals surface area contributed by atoms with Crippen molar-refractivity contribution >= 4 is 40.6 Å². The van der Waals surface area contributed by atoms with Crippen LogP contribution in [0.25, 0.3) is 10.9 Å². The number of carbonyl (C=O) groups is 4. The van der Waals surface area contributed by atoms with Gasteiger partial charge in [-0.15, -0.1) is 0 Å². The van der Waals surface area contributed by atoms with Gasteiger partial charge in [0.2, 0.25) is 17.7 Å². The third-order valence-electron chi connectivity index (χ3n) is 7.61. The van der Waals surface area contributed by atoms with E-state index in [1.54, 1.807) is 20.0 Å². The topological polar surface area (TPSA) is 196 Å². The van der Waals surface area contributed by atoms with Crippen LogP contribution >= 0.6 is 0 Å². The predicted molar refractivity (Wildman–Crippen MR) is 166 cm³/mol. The van der Waals surface area contributed by atoms with Gasteiger partial charge in [-0.1, -0.05) is 36.8 Å². The molecule has 4 atom stereocenters. The molecule has 0 bridgehead atoms. The Labute approximate surface area is 251 Å². The fourth-order valence-corrected chi connectivity index (χ4v) is 5.43. The molecule has 0 saturated carbocycles. The minimum atomic E-state index is -1.21. The van der Waals surface area contributed by atoms with Gasteiger partial charge in [0.15, 0.2) is 5.96 Å². The number of allylic oxidation sites excluding steroid dienone is 2. The average molecular weight is 594 g/mol. The number of aromatic amines is 1. The number of unbranched alkanes of at least 4 members (excludes halogenated alkanes) is 1. The van der Waals surface area contributed by atoms with Gasteiger partial charge in [-0.05, 0) is 57.2 Å². The molecule has 0 aliphatic carbocycles. The summed E-state index contributed by atoms with van der Waals surface area (Å²) in [6.07, 6.45) is 6.53. The highest BCUT2D eigenvalue weighted by Gasteiger charge is 2.44. The van der Waals surface area contributed by atoms with Crippen molar-refractivity contribution in [2.45, 2.75) is 71.5 Å². The molecule has 1 aliphatic heterocycles. The zero-order valence-electron chi connectivity index (χ0n) is 25.2. The fourth-order valence-electron chi connectivity index (χ4n) is 5.43. The molecule has 1 saturated heterocycles. The number of fused-ring (bicyclic) bond motifs is 1. The van der Waals surface area contributed by atoms with E-state index in [0.717, 1.165) is 27.6 Å². The molecule has 2 heterocycles. The number of aromatic nitrogens is 1. The van der Waals surface area contributed by atoms with Crippen LogP contribution in [0.4, 0.5) is 0 Å². The van der Waals surface area contributed by atoms with E-state index < -0.39 is 41.8 Å². The van der Waals surface area contributed by atoms with Crippen LogP contribution in [0.3, 0.4) is 0 Å². The van der Waals surface area contributed by atoms with Crippen LogP contribution in [-0.4, -0.2) is 75.9 Å². The number of carbonyl (C=O) groups excluding carboxylic acids is 3. The number of aliphatic carboxylic acids is 1. The number of carboxylic acids is 1. The number of nitrogens with one attached hydrogen (secondary N) is 3. The van der Waals surface area contributed by atoms with Gasteiger partial charge in [0, 0.05) is 48.6 Å². The Kier molecular flexibility index (Phi) is 11.5. The van der Waals surface area contributed by atoms with Crippen LogP contribution in [0.1, 0.15) is 52.5 Å². The lowest BCUT2D eigenvalue weighted by molar-refractivity contribution is -0.145. The predicted octanol–water partition coefficient (Wildman–Crippen LogP) is 1.97. The van der Waals surface area contributed by atoms with Gasteiger partial charge >= 0.3 is 5.97 Å². The van der Waals surface area contributed by atoms with E-state index in [1.165, 1.54) is 11.0 Å². The van der Waals surface area contributed by atoms with Crippen LogP contribution in [0, 0.1) is 5.92 Å². The van der Waals surface area contributed by atoms with Crippen molar-refractivity contribution < 1.29 is 24.3 Å². The summed E-state index contributed by atoms with van der Waals surface area (Å²) in [4.78, 5) is 61.2. The van der Waals surface area contributed by atoms with Gasteiger partial charge in [0.05, 0.1) is 0 Å². The van der Waals surface area contributed by atoms with E-state index in [-0.39, 0.29) is 24.8 Å². The molecule has 1 aromatic heterocycles. The van der Waals surface area contributed by atoms with Gasteiger partial charge in [-0.3, -0.25) is 19.4 Å². The highest BCUT2D eigenvalue weighted by molar-refractivity contribution is 5.97. The number of nitrogens with zero attached hydrogens (tertiary/aromatic N) is 2. The molecular weight excluding hydrogens is 550 g/mol. The molecule has 12 heteroatoms. The number of amides is 3. The fraction of sp³-hybridized carbons (Fsp3) is 0.452. The number of rotatable bonds is 13. The number of para-hydroxylation sites is 1. The molecular formula is C31H43N7O5. The second kappa shape index (κ2) is 15.0. The lowest BCUT2D eigenvalue weighted by atomic mass is 9.96. The number of guanidine groups is 1. The second-order valence-corrected chi connectivity index (χ2v) is 11.1. The maximum atomic E-state index is 14.0. The van der Waals surface area contributed by atoms with E-state index in [9.17, 15) is 24.3 Å². The number of H-pyrrole nitrogens is 1. The summed E-state index contributed by atoms with van der Waals surface area (Å²) in [7, 11) is 0. The van der Waals surface area contributed by atoms with Crippen LogP contribution in [0.2, 0.25) is 0 Å². The van der Waals surface area contributed by atoms with Gasteiger partial charge in [0.1, 0.15) is 18.1 Å². The van der Waals surface area contributed by atoms with Crippen molar-refractivity contribution in [1.82, 2.24) is 20.5 Å². The van der Waals surface area contributed by atoms with Gasteiger partial charge in [-0.25, -0.2) is 4.79 Å². The minimum Gasteiger partial charge on any atom is -0.480 e. The van der Waals surface area contributed by atoms with Crippen molar-refractivity contribution in [3.8, 4) is 0 Å². The monoisotopic (exact) mass is 593 g/mol. The summed E-state index contributed by atoms with van der Waals surface area (Å²) in [5, 5.41) is 16.4. The third-order valence-corrected chi connectivity index (χ3v) is 7.61. The molecule has 3 amide bonds. The molecule has 8 N–H and O–H groups in total. The molecule has 0 radical (unpaired) electrons. The Balaban J connectivity index is 1.83. The van der Waals surface area contributed by atoms with Crippen molar-refractivity contribution in [3.63, 3.8) is 0 Å². The first-order chi connectivity index (χ1) is 20.4. The summed E-state index contributed by atoms with van der Waals surface area (Å²) >= 11 is 0. The van der Waals surface area contributed by atoms with Crippen molar-refractivity contribution in [1.29, 1.82) is 0 Å². The Morgan fingerprint density at radius 2 is 1.86 bits per heavy atom. The van der Waals surface area contributed by atoms with Crippen LogP contribution in [-0.2, 0) is 25.6 Å². The van der Waals surface area contributed by atoms with Crippen molar-refractivity contribution in [2.75, 3.05) is 13.1 Å². The molecule has 12 nitrogen and oxygen atoms in total. The molecule has 1 aromatic carbocycles. The third kappa shape index (κ3) is 8.69. The second-order valence-electron chi connectivity index (χ2n) is 11.1. The van der Waals surface area contributed by atoms with E-state index in [2.05, 4.69) is 20.6 Å². The largest absolute Gasteiger partial charge is 0.480 e. The number of carboxylic acid groups (broad SMARTS) is 1. The Morgan fingerprint density at radius 3 is 2.51 bits per heavy atom. The molecule has 1 fully saturated rings.